The molecule has 0 aromatic heterocycles. The molecule has 0 unspecified atom stereocenters. The third-order valence-corrected chi connectivity index (χ3v) is 9.52. The van der Waals surface area contributed by atoms with E-state index in [9.17, 15) is 21.6 Å². The van der Waals surface area contributed by atoms with Crippen LogP contribution in [0.1, 0.15) is 59.3 Å². The SMILES string of the molecule is C=CCC[C@H](OS(=O)(=O)CCl)[C@@]1(C)CC[C@H]2O[C@](C)([C@@H](COC(C)=O)OS(=O)(=O)CCl)CC[C@@H]2O1. The molecular weight excluding hydrogens is 547 g/mol. The number of esters is 1. The number of rotatable bonds is 13. The maximum absolute atomic E-state index is 12.1. The number of alkyl halides is 2. The van der Waals surface area contributed by atoms with Gasteiger partial charge in [-0.25, -0.2) is 0 Å². The first-order chi connectivity index (χ1) is 16.2. The first kappa shape index (κ1) is 30.8. The number of allylic oxidation sites excluding steroid dienone is 1. The van der Waals surface area contributed by atoms with Gasteiger partial charge in [-0.3, -0.25) is 13.2 Å². The summed E-state index contributed by atoms with van der Waals surface area (Å²) in [6.45, 7) is 8.06. The monoisotopic (exact) mass is 580 g/mol. The van der Waals surface area contributed by atoms with E-state index < -0.39 is 72.2 Å². The van der Waals surface area contributed by atoms with Crippen molar-refractivity contribution in [3.8, 4) is 0 Å². The molecule has 2 fully saturated rings. The Morgan fingerprint density at radius 3 is 1.89 bits per heavy atom. The summed E-state index contributed by atoms with van der Waals surface area (Å²) in [4.78, 5) is 11.3. The second-order valence-corrected chi connectivity index (χ2v) is 13.5. The number of carbonyl (C=O) groups excluding carboxylic acids is 1. The molecule has 35 heavy (non-hydrogen) atoms. The van der Waals surface area contributed by atoms with E-state index >= 15 is 0 Å². The summed E-state index contributed by atoms with van der Waals surface area (Å²) in [6, 6.07) is 0. The lowest BCUT2D eigenvalue weighted by Gasteiger charge is -2.52. The van der Waals surface area contributed by atoms with E-state index in [0.717, 1.165) is 0 Å². The molecule has 6 atom stereocenters. The molecule has 2 rings (SSSR count). The normalized spacial score (nSPS) is 31.2. The largest absolute Gasteiger partial charge is 0.463 e. The van der Waals surface area contributed by atoms with Crippen LogP contribution in [0.5, 0.6) is 0 Å². The topological polar surface area (TPSA) is 132 Å². The molecule has 0 aliphatic carbocycles. The Morgan fingerprint density at radius 2 is 1.46 bits per heavy atom. The average Bonchev–Trinajstić information content (AvgIpc) is 2.79. The molecule has 0 N–H and O–H groups in total. The predicted octanol–water partition coefficient (Wildman–Crippen LogP) is 3.21. The van der Waals surface area contributed by atoms with Crippen LogP contribution < -0.4 is 0 Å². The first-order valence-electron chi connectivity index (χ1n) is 11.2. The fourth-order valence-electron chi connectivity index (χ4n) is 4.41. The zero-order valence-corrected chi connectivity index (χ0v) is 23.3. The van der Waals surface area contributed by atoms with Gasteiger partial charge in [-0.15, -0.1) is 29.8 Å². The molecule has 0 spiro atoms. The fraction of sp³-hybridized carbons (Fsp3) is 0.857. The quantitative estimate of drug-likeness (QED) is 0.138. The molecule has 2 aliphatic rings. The molecule has 10 nitrogen and oxygen atoms in total. The van der Waals surface area contributed by atoms with Gasteiger partial charge in [0.1, 0.15) is 29.2 Å². The third-order valence-electron chi connectivity index (χ3n) is 6.33. The molecule has 2 heterocycles. The molecular formula is C21H34Cl2O10S2. The highest BCUT2D eigenvalue weighted by molar-refractivity contribution is 7.88. The van der Waals surface area contributed by atoms with E-state index in [4.69, 9.17) is 45.8 Å². The first-order valence-corrected chi connectivity index (χ1v) is 15.5. The smallest absolute Gasteiger partial charge is 0.302 e. The van der Waals surface area contributed by atoms with E-state index in [1.54, 1.807) is 19.9 Å². The Labute approximate surface area is 217 Å². The van der Waals surface area contributed by atoms with Crippen LogP contribution in [0.25, 0.3) is 0 Å². The number of ether oxygens (including phenoxy) is 3. The summed E-state index contributed by atoms with van der Waals surface area (Å²) < 4.78 is 76.6. The van der Waals surface area contributed by atoms with Gasteiger partial charge in [0.25, 0.3) is 20.2 Å². The Bertz CT molecular complexity index is 957. The summed E-state index contributed by atoms with van der Waals surface area (Å²) in [5.74, 6) is -0.589. The van der Waals surface area contributed by atoms with Gasteiger partial charge in [0.05, 0.1) is 23.4 Å². The van der Waals surface area contributed by atoms with Gasteiger partial charge in [0.15, 0.2) is 0 Å². The van der Waals surface area contributed by atoms with E-state index in [2.05, 4.69) is 6.58 Å². The summed E-state index contributed by atoms with van der Waals surface area (Å²) in [6.07, 6.45) is 1.58. The molecule has 0 aromatic rings. The minimum absolute atomic E-state index is 0.326. The highest BCUT2D eigenvalue weighted by atomic mass is 35.5. The van der Waals surface area contributed by atoms with Crippen LogP contribution in [0.2, 0.25) is 0 Å². The number of carbonyl (C=O) groups is 1. The van der Waals surface area contributed by atoms with Crippen LogP contribution in [0, 0.1) is 0 Å². The van der Waals surface area contributed by atoms with Crippen molar-refractivity contribution in [2.75, 3.05) is 17.0 Å². The number of halogens is 2. The Hall–Kier alpha value is -0.470. The van der Waals surface area contributed by atoms with Crippen LogP contribution in [0.3, 0.4) is 0 Å². The lowest BCUT2D eigenvalue weighted by Crippen LogP contribution is -2.60. The van der Waals surface area contributed by atoms with Crippen molar-refractivity contribution < 1.29 is 44.2 Å². The highest BCUT2D eigenvalue weighted by Crippen LogP contribution is 2.44. The summed E-state index contributed by atoms with van der Waals surface area (Å²) >= 11 is 11.0. The Morgan fingerprint density at radius 1 is 1.00 bits per heavy atom. The van der Waals surface area contributed by atoms with Crippen molar-refractivity contribution in [3.63, 3.8) is 0 Å². The number of hydrogen-bond donors (Lipinski definition) is 0. The Balaban J connectivity index is 2.19. The number of fused-ring (bicyclic) bond motifs is 1. The van der Waals surface area contributed by atoms with Crippen molar-refractivity contribution >= 4 is 49.4 Å². The molecule has 0 radical (unpaired) electrons. The van der Waals surface area contributed by atoms with E-state index in [0.29, 0.717) is 38.5 Å². The molecule has 2 saturated heterocycles. The van der Waals surface area contributed by atoms with Crippen LogP contribution in [-0.4, -0.2) is 75.5 Å². The number of hydrogen-bond acceptors (Lipinski definition) is 10. The maximum Gasteiger partial charge on any atom is 0.302 e. The molecule has 204 valence electrons. The van der Waals surface area contributed by atoms with Crippen LogP contribution in [-0.2, 0) is 47.6 Å². The summed E-state index contributed by atoms with van der Waals surface area (Å²) in [7, 11) is -8.01. The minimum atomic E-state index is -4.07. The lowest BCUT2D eigenvalue weighted by atomic mass is 9.80. The zero-order chi connectivity index (χ0) is 26.5. The van der Waals surface area contributed by atoms with Crippen molar-refractivity contribution in [2.24, 2.45) is 0 Å². The van der Waals surface area contributed by atoms with E-state index in [-0.39, 0.29) is 6.61 Å². The maximum atomic E-state index is 12.1. The average molecular weight is 582 g/mol. The van der Waals surface area contributed by atoms with Gasteiger partial charge in [0, 0.05) is 6.92 Å². The van der Waals surface area contributed by atoms with Crippen LogP contribution in [0.15, 0.2) is 12.7 Å². The molecule has 2 aliphatic heterocycles. The molecule has 0 aromatic carbocycles. The molecule has 0 bridgehead atoms. The summed E-state index contributed by atoms with van der Waals surface area (Å²) in [5, 5.41) is -1.43. The second-order valence-electron chi connectivity index (χ2n) is 9.19. The van der Waals surface area contributed by atoms with Gasteiger partial charge >= 0.3 is 5.97 Å². The molecule has 0 amide bonds. The van der Waals surface area contributed by atoms with Crippen LogP contribution in [0.4, 0.5) is 0 Å². The summed E-state index contributed by atoms with van der Waals surface area (Å²) in [5.41, 5.74) is -2.02. The van der Waals surface area contributed by atoms with Gasteiger partial charge in [0.2, 0.25) is 0 Å². The van der Waals surface area contributed by atoms with E-state index in [1.807, 2.05) is 0 Å². The van der Waals surface area contributed by atoms with E-state index in [1.165, 1.54) is 6.92 Å². The predicted molar refractivity (Wildman–Crippen MR) is 130 cm³/mol. The van der Waals surface area contributed by atoms with Gasteiger partial charge < -0.3 is 14.2 Å². The van der Waals surface area contributed by atoms with Crippen molar-refractivity contribution in [1.82, 2.24) is 0 Å². The van der Waals surface area contributed by atoms with Gasteiger partial charge in [-0.05, 0) is 52.4 Å². The molecule has 0 saturated carbocycles. The van der Waals surface area contributed by atoms with Crippen LogP contribution >= 0.6 is 23.2 Å². The van der Waals surface area contributed by atoms with Crippen molar-refractivity contribution in [3.05, 3.63) is 12.7 Å². The molecule has 14 heteroatoms. The minimum Gasteiger partial charge on any atom is -0.463 e. The van der Waals surface area contributed by atoms with Gasteiger partial charge in [-0.2, -0.15) is 16.8 Å². The van der Waals surface area contributed by atoms with Crippen molar-refractivity contribution in [1.29, 1.82) is 0 Å². The third kappa shape index (κ3) is 8.53. The lowest BCUT2D eigenvalue weighted by molar-refractivity contribution is -0.273. The highest BCUT2D eigenvalue weighted by Gasteiger charge is 2.52. The van der Waals surface area contributed by atoms with Crippen molar-refractivity contribution in [2.45, 2.75) is 94.9 Å². The second kappa shape index (κ2) is 12.4. The zero-order valence-electron chi connectivity index (χ0n) is 20.1. The fourth-order valence-corrected chi connectivity index (χ4v) is 6.09. The van der Waals surface area contributed by atoms with Gasteiger partial charge in [-0.1, -0.05) is 6.08 Å². The Kier molecular flexibility index (Phi) is 10.9. The standard InChI is InChI=1S/C21H34Cl2O10S2/c1-5-6-7-18(32-34(25,26)13-22)20(3)10-8-17-16(30-20)9-11-21(4,31-17)19(12-29-15(2)24)33-35(27,28)14-23/h5,16-19H,1,6-14H2,2-4H3/t16-,17+,18-,19+,20+,21-/m0/s1.